The average molecular weight is 382 g/mol. The van der Waals surface area contributed by atoms with Gasteiger partial charge in [-0.2, -0.15) is 0 Å². The first-order valence-electron chi connectivity index (χ1n) is 9.51. The Hall–Kier alpha value is -3.66. The minimum Gasteiger partial charge on any atom is -0.497 e. The zero-order chi connectivity index (χ0) is 20.2. The second-order valence-electron chi connectivity index (χ2n) is 6.98. The third-order valence-corrected chi connectivity index (χ3v) is 4.95. The van der Waals surface area contributed by atoms with Crippen molar-refractivity contribution in [2.45, 2.75) is 13.0 Å². The Morgan fingerprint density at radius 2 is 1.62 bits per heavy atom. The van der Waals surface area contributed by atoms with Crippen LogP contribution in [0.1, 0.15) is 33.2 Å². The van der Waals surface area contributed by atoms with Crippen molar-refractivity contribution in [1.82, 2.24) is 10.3 Å². The number of carbonyl (C=O) groups excluding carboxylic acids is 1. The lowest BCUT2D eigenvalue weighted by molar-refractivity contribution is 0.0938. The van der Waals surface area contributed by atoms with Crippen molar-refractivity contribution in [3.63, 3.8) is 0 Å². The maximum absolute atomic E-state index is 13.0. The third-order valence-electron chi connectivity index (χ3n) is 4.95. The molecule has 4 heteroatoms. The summed E-state index contributed by atoms with van der Waals surface area (Å²) in [6.07, 6.45) is 0. The minimum atomic E-state index is -0.252. The number of aryl methyl sites for hydroxylation is 1. The number of rotatable bonds is 5. The third kappa shape index (κ3) is 4.11. The molecular formula is C25H22N2O2. The highest BCUT2D eigenvalue weighted by atomic mass is 16.5. The zero-order valence-corrected chi connectivity index (χ0v) is 16.4. The van der Waals surface area contributed by atoms with Crippen LogP contribution in [0.4, 0.5) is 0 Å². The van der Waals surface area contributed by atoms with E-state index < -0.39 is 0 Å². The van der Waals surface area contributed by atoms with Gasteiger partial charge in [-0.1, -0.05) is 66.2 Å². The van der Waals surface area contributed by atoms with Crippen LogP contribution in [-0.2, 0) is 0 Å². The molecule has 4 rings (SSSR count). The Morgan fingerprint density at radius 3 is 2.34 bits per heavy atom. The number of methoxy groups -OCH3 is 1. The fraction of sp³-hybridized carbons (Fsp3) is 0.120. The van der Waals surface area contributed by atoms with Crippen molar-refractivity contribution in [2.24, 2.45) is 0 Å². The highest BCUT2D eigenvalue weighted by Gasteiger charge is 2.18. The Kier molecular flexibility index (Phi) is 5.25. The van der Waals surface area contributed by atoms with Gasteiger partial charge < -0.3 is 10.1 Å². The first-order valence-corrected chi connectivity index (χ1v) is 9.51. The summed E-state index contributed by atoms with van der Waals surface area (Å²) in [6.45, 7) is 2.05. The zero-order valence-electron chi connectivity index (χ0n) is 16.4. The summed E-state index contributed by atoms with van der Waals surface area (Å²) in [4.78, 5) is 17.6. The van der Waals surface area contributed by atoms with Crippen LogP contribution < -0.4 is 10.1 Å². The molecule has 1 aromatic heterocycles. The number of hydrogen-bond donors (Lipinski definition) is 1. The van der Waals surface area contributed by atoms with Gasteiger partial charge in [-0.25, -0.2) is 4.98 Å². The van der Waals surface area contributed by atoms with Crippen molar-refractivity contribution in [2.75, 3.05) is 7.11 Å². The number of amides is 1. The average Bonchev–Trinajstić information content (AvgIpc) is 2.78. The number of benzene rings is 3. The van der Waals surface area contributed by atoms with Gasteiger partial charge in [0.05, 0.1) is 18.7 Å². The largest absolute Gasteiger partial charge is 0.497 e. The summed E-state index contributed by atoms with van der Waals surface area (Å²) in [5.41, 5.74) is 4.37. The van der Waals surface area contributed by atoms with Crippen LogP contribution in [0.15, 0.2) is 84.9 Å². The van der Waals surface area contributed by atoms with Gasteiger partial charge in [0.2, 0.25) is 0 Å². The summed E-state index contributed by atoms with van der Waals surface area (Å²) in [5.74, 6) is 0.553. The molecule has 0 fully saturated rings. The fourth-order valence-electron chi connectivity index (χ4n) is 3.33. The predicted octanol–water partition coefficient (Wildman–Crippen LogP) is 5.07. The molecular weight excluding hydrogens is 360 g/mol. The second kappa shape index (κ2) is 8.15. The summed E-state index contributed by atoms with van der Waals surface area (Å²) in [5, 5.41) is 4.08. The predicted molar refractivity (Wildman–Crippen MR) is 115 cm³/mol. The Morgan fingerprint density at radius 1 is 0.897 bits per heavy atom. The lowest BCUT2D eigenvalue weighted by Gasteiger charge is -2.20. The maximum Gasteiger partial charge on any atom is 0.270 e. The molecule has 0 spiro atoms. The highest BCUT2D eigenvalue weighted by molar-refractivity contribution is 5.95. The van der Waals surface area contributed by atoms with E-state index in [4.69, 9.17) is 4.74 Å². The van der Waals surface area contributed by atoms with E-state index in [0.29, 0.717) is 5.69 Å². The van der Waals surface area contributed by atoms with Gasteiger partial charge in [0.1, 0.15) is 11.4 Å². The lowest BCUT2D eigenvalue weighted by Crippen LogP contribution is -2.30. The van der Waals surface area contributed by atoms with E-state index in [1.54, 1.807) is 13.2 Å². The number of nitrogens with one attached hydrogen (secondary N) is 1. The van der Waals surface area contributed by atoms with Gasteiger partial charge in [0.25, 0.3) is 5.91 Å². The summed E-state index contributed by atoms with van der Waals surface area (Å²) < 4.78 is 5.25. The number of carbonyl (C=O) groups is 1. The van der Waals surface area contributed by atoms with Crippen molar-refractivity contribution in [1.29, 1.82) is 0 Å². The molecule has 4 aromatic rings. The molecule has 3 aromatic carbocycles. The van der Waals surface area contributed by atoms with Crippen LogP contribution in [0.5, 0.6) is 5.75 Å². The van der Waals surface area contributed by atoms with Crippen molar-refractivity contribution >= 4 is 16.8 Å². The van der Waals surface area contributed by atoms with E-state index in [1.165, 1.54) is 5.56 Å². The normalized spacial score (nSPS) is 11.8. The van der Waals surface area contributed by atoms with Crippen molar-refractivity contribution in [3.8, 4) is 5.75 Å². The molecule has 0 saturated carbocycles. The van der Waals surface area contributed by atoms with Gasteiger partial charge in [0, 0.05) is 5.39 Å². The molecule has 29 heavy (non-hydrogen) atoms. The quantitative estimate of drug-likeness (QED) is 0.524. The summed E-state index contributed by atoms with van der Waals surface area (Å²) in [6, 6.07) is 27.2. The molecule has 0 radical (unpaired) electrons. The van der Waals surface area contributed by atoms with Crippen LogP contribution in [0.25, 0.3) is 10.9 Å². The van der Waals surface area contributed by atoms with E-state index in [1.807, 2.05) is 73.7 Å². The molecule has 4 nitrogen and oxygen atoms in total. The molecule has 1 amide bonds. The number of aromatic nitrogens is 1. The van der Waals surface area contributed by atoms with Gasteiger partial charge in [0.15, 0.2) is 0 Å². The molecule has 0 bridgehead atoms. The van der Waals surface area contributed by atoms with E-state index in [2.05, 4.69) is 22.4 Å². The molecule has 1 heterocycles. The van der Waals surface area contributed by atoms with Gasteiger partial charge in [-0.15, -0.1) is 0 Å². The molecule has 1 atom stereocenters. The first kappa shape index (κ1) is 18.7. The molecule has 0 unspecified atom stereocenters. The van der Waals surface area contributed by atoms with Gasteiger partial charge >= 0.3 is 0 Å². The smallest absolute Gasteiger partial charge is 0.270 e. The second-order valence-corrected chi connectivity index (χ2v) is 6.98. The molecule has 0 aliphatic heterocycles. The van der Waals surface area contributed by atoms with Gasteiger partial charge in [-0.05, 0) is 42.3 Å². The topological polar surface area (TPSA) is 51.2 Å². The molecule has 0 aliphatic carbocycles. The number of fused-ring (bicyclic) bond motifs is 1. The Bertz CT molecular complexity index is 1140. The van der Waals surface area contributed by atoms with E-state index in [0.717, 1.165) is 27.8 Å². The highest BCUT2D eigenvalue weighted by Crippen LogP contribution is 2.24. The Balaban J connectivity index is 1.65. The molecule has 1 N–H and O–H groups in total. The fourth-order valence-corrected chi connectivity index (χ4v) is 3.33. The summed E-state index contributed by atoms with van der Waals surface area (Å²) >= 11 is 0. The monoisotopic (exact) mass is 382 g/mol. The van der Waals surface area contributed by atoms with Crippen LogP contribution in [-0.4, -0.2) is 18.0 Å². The maximum atomic E-state index is 13.0. The number of nitrogens with zero attached hydrogens (tertiary/aromatic N) is 1. The number of ether oxygens (including phenoxy) is 1. The molecule has 144 valence electrons. The van der Waals surface area contributed by atoms with Crippen LogP contribution >= 0.6 is 0 Å². The standard InChI is InChI=1S/C25H22N2O2/c1-17-8-10-19(11-9-17)24(18-6-4-3-5-7-18)27-25(28)23-14-12-20-16-21(29-2)13-15-22(20)26-23/h3-16,24H,1-2H3,(H,27,28)/t24-/m1/s1. The van der Waals surface area contributed by atoms with Crippen LogP contribution in [0.2, 0.25) is 0 Å². The van der Waals surface area contributed by atoms with Crippen LogP contribution in [0, 0.1) is 6.92 Å². The lowest BCUT2D eigenvalue weighted by atomic mass is 9.97. The number of hydrogen-bond acceptors (Lipinski definition) is 3. The number of pyridine rings is 1. The van der Waals surface area contributed by atoms with E-state index in [-0.39, 0.29) is 11.9 Å². The SMILES string of the molecule is COc1ccc2nc(C(=O)N[C@H](c3ccccc3)c3ccc(C)cc3)ccc2c1. The van der Waals surface area contributed by atoms with E-state index >= 15 is 0 Å². The van der Waals surface area contributed by atoms with E-state index in [9.17, 15) is 4.79 Å². The van der Waals surface area contributed by atoms with Crippen molar-refractivity contribution < 1.29 is 9.53 Å². The molecule has 0 aliphatic rings. The summed E-state index contributed by atoms with van der Waals surface area (Å²) in [7, 11) is 1.63. The van der Waals surface area contributed by atoms with Crippen molar-refractivity contribution in [3.05, 3.63) is 107 Å². The first-order chi connectivity index (χ1) is 14.1. The van der Waals surface area contributed by atoms with Gasteiger partial charge in [-0.3, -0.25) is 4.79 Å². The molecule has 0 saturated heterocycles. The minimum absolute atomic E-state index is 0.211. The Labute approximate surface area is 170 Å². The van der Waals surface area contributed by atoms with Crippen LogP contribution in [0.3, 0.4) is 0 Å².